The normalized spacial score (nSPS) is 13.6. The van der Waals surface area contributed by atoms with Gasteiger partial charge in [0, 0.05) is 16.7 Å². The van der Waals surface area contributed by atoms with Crippen LogP contribution in [0.1, 0.15) is 270 Å². The van der Waals surface area contributed by atoms with Crippen molar-refractivity contribution in [2.75, 3.05) is 19.8 Å². The Morgan fingerprint density at radius 1 is 0.433 bits per heavy atom. The fraction of sp³-hybridized carbons (Fsp3) is 0.789. The molecule has 0 aliphatic carbocycles. The van der Waals surface area contributed by atoms with Gasteiger partial charge in [-0.3, -0.25) is 0 Å². The van der Waals surface area contributed by atoms with Gasteiger partial charge in [-0.15, -0.1) is 0 Å². The first-order valence-corrected chi connectivity index (χ1v) is 28.9. The molecule has 388 valence electrons. The highest BCUT2D eigenvalue weighted by atomic mass is 31.2. The van der Waals surface area contributed by atoms with Crippen molar-refractivity contribution in [1.82, 2.24) is 0 Å². The lowest BCUT2D eigenvalue weighted by atomic mass is 9.68. The van der Waals surface area contributed by atoms with E-state index in [2.05, 4.69) is 121 Å². The first kappa shape index (κ1) is 61.9. The van der Waals surface area contributed by atoms with Crippen molar-refractivity contribution in [2.24, 2.45) is 5.41 Å². The van der Waals surface area contributed by atoms with E-state index in [-0.39, 0.29) is 24.0 Å². The number of aryl methyl sites for hydroxylation is 2. The van der Waals surface area contributed by atoms with Gasteiger partial charge in [-0.25, -0.2) is 0 Å². The molecule has 67 heavy (non-hydrogen) atoms. The van der Waals surface area contributed by atoms with Crippen LogP contribution in [0.15, 0.2) is 24.3 Å². The minimum absolute atomic E-state index is 0.351. The molecule has 2 aromatic rings. The summed E-state index contributed by atoms with van der Waals surface area (Å²) in [6.07, 6.45) is 26.5. The maximum absolute atomic E-state index is 11.8. The van der Waals surface area contributed by atoms with Crippen LogP contribution in [0.4, 0.5) is 0 Å². The van der Waals surface area contributed by atoms with E-state index < -0.39 is 46.2 Å². The van der Waals surface area contributed by atoms with E-state index in [1.54, 1.807) is 0 Å². The molecular weight excluding hydrogens is 875 g/mol. The van der Waals surface area contributed by atoms with Crippen molar-refractivity contribution in [3.05, 3.63) is 63.2 Å². The molecule has 0 amide bonds. The van der Waals surface area contributed by atoms with Gasteiger partial charge in [0.2, 0.25) is 0 Å². The van der Waals surface area contributed by atoms with Crippen LogP contribution in [0, 0.1) is 5.41 Å². The number of hydrogen-bond acceptors (Lipinski definition) is 8. The van der Waals surface area contributed by atoms with Gasteiger partial charge in [0.25, 0.3) is 0 Å². The molecule has 10 heteroatoms. The summed E-state index contributed by atoms with van der Waals surface area (Å²) in [4.78, 5) is 41.1. The minimum Gasteiger partial charge on any atom is -0.484 e. The largest absolute Gasteiger partial charge is 0.484 e. The van der Waals surface area contributed by atoms with Crippen LogP contribution >= 0.6 is 17.2 Å². The molecule has 0 aliphatic rings. The highest BCUT2D eigenvalue weighted by Crippen LogP contribution is 2.52. The summed E-state index contributed by atoms with van der Waals surface area (Å²) >= 11 is 0. The SMILES string of the molecule is CCCCCCCCCCCCc1cc(C(C)(C)C)c(OC(c2c(C(C)(C)C)cc(CCCCCCCCCCCC)cc2C(C)(C)C)C(CO)(COP(O)O)COP(O)O)c(C(C)(C)C)c1. The number of hydrogen-bond donors (Lipinski definition) is 5. The van der Waals surface area contributed by atoms with Gasteiger partial charge in [0.1, 0.15) is 11.9 Å². The molecule has 0 saturated carbocycles. The van der Waals surface area contributed by atoms with Crippen LogP contribution in [0.25, 0.3) is 0 Å². The minimum atomic E-state index is -2.84. The number of unbranched alkanes of at least 4 members (excludes halogenated alkanes) is 18. The van der Waals surface area contributed by atoms with Crippen LogP contribution in [0.2, 0.25) is 0 Å². The quantitative estimate of drug-likeness (QED) is 0.0353. The number of aliphatic hydroxyl groups excluding tert-OH is 1. The van der Waals surface area contributed by atoms with Crippen molar-refractivity contribution in [3.63, 3.8) is 0 Å². The van der Waals surface area contributed by atoms with Crippen molar-refractivity contribution in [1.29, 1.82) is 0 Å². The highest BCUT2D eigenvalue weighted by molar-refractivity contribution is 7.39. The third-order valence-corrected chi connectivity index (χ3v) is 14.3. The molecule has 2 rings (SSSR count). The number of benzene rings is 2. The average molecular weight is 977 g/mol. The molecule has 0 bridgehead atoms. The highest BCUT2D eigenvalue weighted by Gasteiger charge is 2.48. The van der Waals surface area contributed by atoms with E-state index >= 15 is 0 Å². The summed E-state index contributed by atoms with van der Waals surface area (Å²) in [6, 6.07) is 9.27. The lowest BCUT2D eigenvalue weighted by molar-refractivity contribution is -0.0674. The van der Waals surface area contributed by atoms with Gasteiger partial charge in [0.15, 0.2) is 0 Å². The lowest BCUT2D eigenvalue weighted by Gasteiger charge is -2.44. The smallest absolute Gasteiger partial charge is 0.327 e. The van der Waals surface area contributed by atoms with Gasteiger partial charge < -0.3 is 38.5 Å². The maximum atomic E-state index is 11.8. The molecule has 8 nitrogen and oxygen atoms in total. The number of rotatable bonds is 33. The van der Waals surface area contributed by atoms with E-state index in [1.165, 1.54) is 127 Å². The molecule has 1 atom stereocenters. The summed E-state index contributed by atoms with van der Waals surface area (Å²) in [5, 5.41) is 11.8. The monoisotopic (exact) mass is 977 g/mol. The zero-order valence-corrected chi connectivity index (χ0v) is 47.2. The summed E-state index contributed by atoms with van der Waals surface area (Å²) in [6.45, 7) is 29.7. The van der Waals surface area contributed by atoms with Crippen molar-refractivity contribution in [3.8, 4) is 5.75 Å². The third-order valence-electron chi connectivity index (χ3n) is 13.6. The molecule has 2 aromatic carbocycles. The summed E-state index contributed by atoms with van der Waals surface area (Å²) in [7, 11) is -5.69. The number of ether oxygens (including phenoxy) is 1. The fourth-order valence-corrected chi connectivity index (χ4v) is 10.2. The van der Waals surface area contributed by atoms with E-state index in [9.17, 15) is 24.7 Å². The Hall–Kier alpha value is -1.18. The third kappa shape index (κ3) is 22.0. The zero-order chi connectivity index (χ0) is 50.5. The molecule has 0 fully saturated rings. The summed E-state index contributed by atoms with van der Waals surface area (Å²) in [5.74, 6) is 0.717. The molecule has 0 aromatic heterocycles. The average Bonchev–Trinajstić information content (AvgIpc) is 3.23. The predicted molar refractivity (Wildman–Crippen MR) is 286 cm³/mol. The van der Waals surface area contributed by atoms with Crippen molar-refractivity contribution in [2.45, 2.75) is 266 Å². The van der Waals surface area contributed by atoms with Crippen molar-refractivity contribution < 1.29 is 38.5 Å². The topological polar surface area (TPSA) is 129 Å². The molecular formula is C57H102O8P2. The van der Waals surface area contributed by atoms with Crippen LogP contribution in [-0.2, 0) is 43.5 Å². The van der Waals surface area contributed by atoms with Gasteiger partial charge in [0.05, 0.1) is 25.2 Å². The van der Waals surface area contributed by atoms with Gasteiger partial charge in [-0.2, -0.15) is 0 Å². The van der Waals surface area contributed by atoms with Gasteiger partial charge >= 0.3 is 17.2 Å². The molecule has 0 heterocycles. The summed E-state index contributed by atoms with van der Waals surface area (Å²) < 4.78 is 19.1. The van der Waals surface area contributed by atoms with Gasteiger partial charge in [-0.1, -0.05) is 237 Å². The lowest BCUT2D eigenvalue weighted by Crippen LogP contribution is -2.46. The van der Waals surface area contributed by atoms with Crippen molar-refractivity contribution >= 4 is 17.2 Å². The maximum Gasteiger partial charge on any atom is 0.327 e. The molecule has 0 radical (unpaired) electrons. The Bertz CT molecular complexity index is 1580. The van der Waals surface area contributed by atoms with E-state index in [0.29, 0.717) is 5.75 Å². The van der Waals surface area contributed by atoms with Gasteiger partial charge in [-0.05, 0) is 69.6 Å². The number of aliphatic hydroxyl groups is 1. The van der Waals surface area contributed by atoms with Crippen LogP contribution in [0.3, 0.4) is 0 Å². The first-order valence-electron chi connectivity index (χ1n) is 26.6. The predicted octanol–water partition coefficient (Wildman–Crippen LogP) is 16.4. The fourth-order valence-electron chi connectivity index (χ4n) is 9.44. The second-order valence-corrected chi connectivity index (χ2v) is 25.6. The van der Waals surface area contributed by atoms with E-state index in [4.69, 9.17) is 13.8 Å². The Kier molecular flexibility index (Phi) is 27.7. The molecule has 0 spiro atoms. The summed E-state index contributed by atoms with van der Waals surface area (Å²) in [5.41, 5.74) is 4.61. The second-order valence-electron chi connectivity index (χ2n) is 24.1. The van der Waals surface area contributed by atoms with E-state index in [1.807, 2.05) is 0 Å². The standard InChI is InChI=1S/C57H102O8P2/c1-15-17-19-21-23-25-27-29-31-33-35-44-37-46(53(3,4)5)50(47(38-44)54(6,7)8)52(57(41-58,42-63-66(59)60)43-64-67(61)62)65-51-48(55(9,10)11)39-45(40-49(51)56(12,13)14)36-34-32-30-28-26-24-22-20-18-16-2/h37-40,52,58-62H,15-36,41-43H2,1-14H3. The zero-order valence-electron chi connectivity index (χ0n) is 45.4. The van der Waals surface area contributed by atoms with Crippen LogP contribution < -0.4 is 4.74 Å². The van der Waals surface area contributed by atoms with Crippen LogP contribution in [0.5, 0.6) is 5.75 Å². The Labute approximate surface area is 414 Å². The second kappa shape index (κ2) is 30.0. The Morgan fingerprint density at radius 2 is 0.716 bits per heavy atom. The first-order chi connectivity index (χ1) is 31.3. The molecule has 5 N–H and O–H groups in total. The van der Waals surface area contributed by atoms with E-state index in [0.717, 1.165) is 53.5 Å². The molecule has 0 aliphatic heterocycles. The van der Waals surface area contributed by atoms with Crippen LogP contribution in [-0.4, -0.2) is 44.5 Å². The molecule has 0 saturated heterocycles. The Balaban J connectivity index is 2.87. The molecule has 1 unspecified atom stereocenters. The Morgan fingerprint density at radius 3 is 0.985 bits per heavy atom.